The number of pyridine rings is 1. The molecule has 5 heterocycles. The van der Waals surface area contributed by atoms with Crippen molar-refractivity contribution in [2.45, 2.75) is 32.4 Å². The van der Waals surface area contributed by atoms with Crippen LogP contribution in [0.15, 0.2) is 41.1 Å². The molecule has 142 valence electrons. The number of piperazine rings is 1. The first-order valence-electron chi connectivity index (χ1n) is 9.53. The first-order chi connectivity index (χ1) is 13.5. The Balaban J connectivity index is 1.34. The Morgan fingerprint density at radius 3 is 2.54 bits per heavy atom. The molecule has 3 aromatic rings. The van der Waals surface area contributed by atoms with Crippen molar-refractivity contribution in [3.05, 3.63) is 63.5 Å². The summed E-state index contributed by atoms with van der Waals surface area (Å²) in [5.41, 5.74) is 4.32. The number of fused-ring (bicyclic) bond motifs is 3. The zero-order chi connectivity index (χ0) is 19.4. The van der Waals surface area contributed by atoms with E-state index < -0.39 is 0 Å². The lowest BCUT2D eigenvalue weighted by molar-refractivity contribution is -0.0400. The average molecular weight is 391 g/mol. The van der Waals surface area contributed by atoms with Crippen LogP contribution in [0.3, 0.4) is 0 Å². The van der Waals surface area contributed by atoms with Gasteiger partial charge in [0, 0.05) is 23.9 Å². The van der Waals surface area contributed by atoms with E-state index in [4.69, 9.17) is 0 Å². The summed E-state index contributed by atoms with van der Waals surface area (Å²) in [7, 11) is 0. The zero-order valence-corrected chi connectivity index (χ0v) is 16.7. The van der Waals surface area contributed by atoms with Gasteiger partial charge in [0.1, 0.15) is 5.69 Å². The van der Waals surface area contributed by atoms with Gasteiger partial charge in [-0.25, -0.2) is 4.98 Å². The van der Waals surface area contributed by atoms with Gasteiger partial charge in [-0.3, -0.25) is 9.59 Å². The van der Waals surface area contributed by atoms with Gasteiger partial charge in [0.25, 0.3) is 11.8 Å². The zero-order valence-electron chi connectivity index (χ0n) is 15.9. The highest BCUT2D eigenvalue weighted by Crippen LogP contribution is 2.34. The second-order valence-electron chi connectivity index (χ2n) is 7.83. The normalized spacial score (nSPS) is 20.9. The minimum atomic E-state index is -0.0254. The van der Waals surface area contributed by atoms with E-state index in [2.05, 4.69) is 11.1 Å². The van der Waals surface area contributed by atoms with Crippen molar-refractivity contribution >= 4 is 34.1 Å². The van der Waals surface area contributed by atoms with Crippen LogP contribution in [0.4, 0.5) is 0 Å². The minimum absolute atomic E-state index is 0.0254. The summed E-state index contributed by atoms with van der Waals surface area (Å²) in [6.07, 6.45) is 0.963. The molecule has 3 saturated heterocycles. The molecule has 1 aromatic carbocycles. The van der Waals surface area contributed by atoms with Gasteiger partial charge < -0.3 is 9.80 Å². The fraction of sp³-hybridized carbons (Fsp3) is 0.318. The Kier molecular flexibility index (Phi) is 3.98. The number of nitrogens with zero attached hydrogens (tertiary/aromatic N) is 3. The van der Waals surface area contributed by atoms with Crippen LogP contribution in [-0.2, 0) is 0 Å². The Hall–Kier alpha value is -2.73. The van der Waals surface area contributed by atoms with Gasteiger partial charge >= 0.3 is 0 Å². The van der Waals surface area contributed by atoms with E-state index >= 15 is 0 Å². The largest absolute Gasteiger partial charge is 0.334 e. The Morgan fingerprint density at radius 1 is 1.04 bits per heavy atom. The second kappa shape index (κ2) is 6.41. The average Bonchev–Trinajstić information content (AvgIpc) is 3.12. The quantitative estimate of drug-likeness (QED) is 0.670. The van der Waals surface area contributed by atoms with E-state index in [9.17, 15) is 9.59 Å². The lowest BCUT2D eigenvalue weighted by atomic mass is 9.86. The third-order valence-electron chi connectivity index (χ3n) is 5.86. The summed E-state index contributed by atoms with van der Waals surface area (Å²) in [4.78, 5) is 34.3. The highest BCUT2D eigenvalue weighted by molar-refractivity contribution is 7.08. The van der Waals surface area contributed by atoms with Gasteiger partial charge in [0.05, 0.1) is 23.2 Å². The van der Waals surface area contributed by atoms with Crippen LogP contribution in [0.1, 0.15) is 38.4 Å². The third-order valence-corrected chi connectivity index (χ3v) is 6.73. The molecule has 2 aromatic heterocycles. The van der Waals surface area contributed by atoms with Crippen LogP contribution in [0.2, 0.25) is 0 Å². The number of amides is 2. The standard InChI is InChI=1S/C22H21N3O2S/c1-13-3-5-19-15(7-13)4-6-20(23-19)22(27)25-16-8-17(25)10-24(9-16)21(26)18-12-28-11-14(18)2/h3-7,11-12,16-17H,8-10H2,1-2H3/t16-,17?/m1/s1. The maximum absolute atomic E-state index is 13.1. The highest BCUT2D eigenvalue weighted by atomic mass is 32.1. The van der Waals surface area contributed by atoms with E-state index in [1.54, 1.807) is 11.3 Å². The van der Waals surface area contributed by atoms with Gasteiger partial charge in [0.15, 0.2) is 0 Å². The van der Waals surface area contributed by atoms with Gasteiger partial charge in [0.2, 0.25) is 0 Å². The molecule has 3 aliphatic heterocycles. The molecule has 3 aliphatic rings. The number of benzene rings is 1. The topological polar surface area (TPSA) is 53.5 Å². The number of aryl methyl sites for hydroxylation is 2. The van der Waals surface area contributed by atoms with Crippen LogP contribution >= 0.6 is 11.3 Å². The van der Waals surface area contributed by atoms with Crippen LogP contribution in [0.5, 0.6) is 0 Å². The van der Waals surface area contributed by atoms with E-state index in [-0.39, 0.29) is 23.9 Å². The highest BCUT2D eigenvalue weighted by Gasteiger charge is 2.48. The SMILES string of the molecule is Cc1ccc2nc(C(=O)N3C4C[C@@H]3CN(C(=O)c3cscc3C)C4)ccc2c1. The molecule has 2 atom stereocenters. The first-order valence-corrected chi connectivity index (χ1v) is 10.5. The lowest BCUT2D eigenvalue weighted by Gasteiger charge is -2.56. The lowest BCUT2D eigenvalue weighted by Crippen LogP contribution is -2.70. The third kappa shape index (κ3) is 2.71. The predicted molar refractivity (Wildman–Crippen MR) is 110 cm³/mol. The molecule has 0 saturated carbocycles. The van der Waals surface area contributed by atoms with E-state index in [1.807, 2.05) is 58.7 Å². The molecular formula is C22H21N3O2S. The van der Waals surface area contributed by atoms with Crippen molar-refractivity contribution in [1.29, 1.82) is 0 Å². The number of thiophene rings is 1. The maximum atomic E-state index is 13.1. The summed E-state index contributed by atoms with van der Waals surface area (Å²) in [6, 6.07) is 10.0. The molecule has 6 rings (SSSR count). The molecule has 1 unspecified atom stereocenters. The van der Waals surface area contributed by atoms with Crippen molar-refractivity contribution in [3.8, 4) is 0 Å². The fourth-order valence-corrected chi connectivity index (χ4v) is 5.18. The van der Waals surface area contributed by atoms with Crippen LogP contribution in [0.25, 0.3) is 10.9 Å². The summed E-state index contributed by atoms with van der Waals surface area (Å²) in [5.74, 6) is 0.0577. The molecule has 5 nitrogen and oxygen atoms in total. The minimum Gasteiger partial charge on any atom is -0.334 e. The summed E-state index contributed by atoms with van der Waals surface area (Å²) in [5, 5.41) is 4.96. The molecule has 6 heteroatoms. The number of piperidine rings is 1. The van der Waals surface area contributed by atoms with Gasteiger partial charge in [-0.1, -0.05) is 17.7 Å². The van der Waals surface area contributed by atoms with Crippen LogP contribution in [0, 0.1) is 13.8 Å². The number of carbonyl (C=O) groups excluding carboxylic acids is 2. The summed E-state index contributed by atoms with van der Waals surface area (Å²) in [6.45, 7) is 5.22. The predicted octanol–water partition coefficient (Wildman–Crippen LogP) is 3.65. The van der Waals surface area contributed by atoms with E-state index in [0.717, 1.165) is 28.5 Å². The molecule has 0 N–H and O–H groups in total. The first kappa shape index (κ1) is 17.4. The molecular weight excluding hydrogens is 370 g/mol. The Morgan fingerprint density at radius 2 is 1.82 bits per heavy atom. The van der Waals surface area contributed by atoms with E-state index in [1.165, 1.54) is 5.56 Å². The molecule has 0 spiro atoms. The Labute approximate surface area is 167 Å². The molecule has 2 bridgehead atoms. The molecule has 0 radical (unpaired) electrons. The number of carbonyl (C=O) groups is 2. The van der Waals surface area contributed by atoms with Crippen molar-refractivity contribution in [1.82, 2.24) is 14.8 Å². The molecule has 28 heavy (non-hydrogen) atoms. The summed E-state index contributed by atoms with van der Waals surface area (Å²) >= 11 is 1.55. The van der Waals surface area contributed by atoms with Gasteiger partial charge in [-0.05, 0) is 49.4 Å². The smallest absolute Gasteiger partial charge is 0.273 e. The van der Waals surface area contributed by atoms with Crippen LogP contribution in [-0.4, -0.2) is 51.8 Å². The Bertz CT molecular complexity index is 1090. The van der Waals surface area contributed by atoms with Crippen molar-refractivity contribution < 1.29 is 9.59 Å². The van der Waals surface area contributed by atoms with E-state index in [0.29, 0.717) is 18.8 Å². The summed E-state index contributed by atoms with van der Waals surface area (Å²) < 4.78 is 0. The van der Waals surface area contributed by atoms with Crippen LogP contribution < -0.4 is 0 Å². The number of hydrogen-bond acceptors (Lipinski definition) is 4. The second-order valence-corrected chi connectivity index (χ2v) is 8.57. The van der Waals surface area contributed by atoms with Gasteiger partial charge in [-0.15, -0.1) is 0 Å². The fourth-order valence-electron chi connectivity index (χ4n) is 4.35. The molecule has 3 fully saturated rings. The number of rotatable bonds is 2. The molecule has 2 amide bonds. The number of aromatic nitrogens is 1. The monoisotopic (exact) mass is 391 g/mol. The maximum Gasteiger partial charge on any atom is 0.273 e. The van der Waals surface area contributed by atoms with Crippen molar-refractivity contribution in [3.63, 3.8) is 0 Å². The number of hydrogen-bond donors (Lipinski definition) is 0. The van der Waals surface area contributed by atoms with Crippen molar-refractivity contribution in [2.75, 3.05) is 13.1 Å². The van der Waals surface area contributed by atoms with Crippen molar-refractivity contribution in [2.24, 2.45) is 0 Å². The molecule has 0 aliphatic carbocycles. The van der Waals surface area contributed by atoms with Gasteiger partial charge in [-0.2, -0.15) is 11.3 Å².